The first-order valence-electron chi connectivity index (χ1n) is 9.80. The number of fused-ring (bicyclic) bond motifs is 1. The Balaban J connectivity index is 1.66. The molecule has 0 aliphatic carbocycles. The van der Waals surface area contributed by atoms with E-state index in [1.807, 2.05) is 36.1 Å². The fraction of sp³-hybridized carbons (Fsp3) is 0.409. The van der Waals surface area contributed by atoms with E-state index in [-0.39, 0.29) is 11.8 Å². The highest BCUT2D eigenvalue weighted by atomic mass is 32.1. The number of hydrogen-bond acceptors (Lipinski definition) is 5. The van der Waals surface area contributed by atoms with Crippen molar-refractivity contribution in [1.82, 2.24) is 4.90 Å². The van der Waals surface area contributed by atoms with Crippen molar-refractivity contribution in [2.75, 3.05) is 19.0 Å². The van der Waals surface area contributed by atoms with E-state index in [0.29, 0.717) is 49.3 Å². The summed E-state index contributed by atoms with van der Waals surface area (Å²) in [5, 5.41) is 13.1. The Morgan fingerprint density at radius 1 is 1.34 bits per heavy atom. The number of carbonyl (C=O) groups excluding carboxylic acids is 2. The predicted octanol–water partition coefficient (Wildman–Crippen LogP) is 3.88. The van der Waals surface area contributed by atoms with Crippen molar-refractivity contribution in [1.29, 1.82) is 5.26 Å². The Morgan fingerprint density at radius 3 is 2.90 bits per heavy atom. The van der Waals surface area contributed by atoms with Gasteiger partial charge in [-0.2, -0.15) is 5.26 Å². The van der Waals surface area contributed by atoms with E-state index >= 15 is 0 Å². The highest BCUT2D eigenvalue weighted by Crippen LogP contribution is 2.37. The molecule has 1 aliphatic heterocycles. The lowest BCUT2D eigenvalue weighted by Gasteiger charge is -2.26. The van der Waals surface area contributed by atoms with E-state index < -0.39 is 0 Å². The van der Waals surface area contributed by atoms with Crippen LogP contribution in [0.2, 0.25) is 0 Å². The average molecular weight is 412 g/mol. The number of methoxy groups -OCH3 is 1. The molecule has 2 aromatic rings. The number of ether oxygens (including phenoxy) is 1. The molecule has 6 nitrogen and oxygen atoms in total. The summed E-state index contributed by atoms with van der Waals surface area (Å²) in [6.07, 6.45) is 2.94. The molecule has 0 fully saturated rings. The molecule has 1 aliphatic rings. The monoisotopic (exact) mass is 411 g/mol. The second-order valence-corrected chi connectivity index (χ2v) is 8.14. The lowest BCUT2D eigenvalue weighted by Crippen LogP contribution is -2.35. The highest BCUT2D eigenvalue weighted by Gasteiger charge is 2.27. The van der Waals surface area contributed by atoms with Gasteiger partial charge in [0.25, 0.3) is 0 Å². The lowest BCUT2D eigenvalue weighted by molar-refractivity contribution is -0.132. The smallest absolute Gasteiger partial charge is 0.225 e. The first kappa shape index (κ1) is 20.9. The molecule has 0 bridgehead atoms. The zero-order valence-electron chi connectivity index (χ0n) is 16.8. The van der Waals surface area contributed by atoms with Crippen LogP contribution in [0.4, 0.5) is 5.00 Å². The van der Waals surface area contributed by atoms with Crippen molar-refractivity contribution >= 4 is 28.2 Å². The molecule has 0 radical (unpaired) electrons. The first-order chi connectivity index (χ1) is 14.0. The summed E-state index contributed by atoms with van der Waals surface area (Å²) in [7, 11) is 1.62. The molecule has 1 aromatic carbocycles. The normalized spacial score (nSPS) is 12.8. The summed E-state index contributed by atoms with van der Waals surface area (Å²) in [5.41, 5.74) is 2.54. The van der Waals surface area contributed by atoms with Gasteiger partial charge in [-0.1, -0.05) is 19.1 Å². The van der Waals surface area contributed by atoms with Crippen LogP contribution in [-0.4, -0.2) is 30.4 Å². The molecule has 0 saturated heterocycles. The van der Waals surface area contributed by atoms with Gasteiger partial charge in [0, 0.05) is 24.3 Å². The maximum Gasteiger partial charge on any atom is 0.225 e. The quantitative estimate of drug-likeness (QED) is 0.749. The van der Waals surface area contributed by atoms with Gasteiger partial charge in [0.2, 0.25) is 11.8 Å². The number of carbonyl (C=O) groups is 2. The van der Waals surface area contributed by atoms with Gasteiger partial charge < -0.3 is 15.0 Å². The van der Waals surface area contributed by atoms with E-state index in [4.69, 9.17) is 4.74 Å². The SMILES string of the molecule is CCCC(=O)N1CCc2c(sc(NC(=O)CCc3cccc(OC)c3)c2C#N)C1. The molecular formula is C22H25N3O3S. The van der Waals surface area contributed by atoms with Crippen LogP contribution in [0.15, 0.2) is 24.3 Å². The fourth-order valence-corrected chi connectivity index (χ4v) is 4.70. The van der Waals surface area contributed by atoms with E-state index in [9.17, 15) is 14.9 Å². The molecule has 2 heterocycles. The van der Waals surface area contributed by atoms with Gasteiger partial charge >= 0.3 is 0 Å². The molecule has 2 amide bonds. The summed E-state index contributed by atoms with van der Waals surface area (Å²) in [4.78, 5) is 27.5. The molecule has 1 N–H and O–H groups in total. The molecule has 0 spiro atoms. The van der Waals surface area contributed by atoms with Crippen molar-refractivity contribution in [3.63, 3.8) is 0 Å². The van der Waals surface area contributed by atoms with Gasteiger partial charge in [-0.15, -0.1) is 11.3 Å². The third kappa shape index (κ3) is 4.96. The van der Waals surface area contributed by atoms with Crippen molar-refractivity contribution < 1.29 is 14.3 Å². The van der Waals surface area contributed by atoms with E-state index in [1.165, 1.54) is 11.3 Å². The number of benzene rings is 1. The Kier molecular flexibility index (Phi) is 6.89. The summed E-state index contributed by atoms with van der Waals surface area (Å²) in [6, 6.07) is 9.89. The summed E-state index contributed by atoms with van der Waals surface area (Å²) in [6.45, 7) is 3.14. The number of nitriles is 1. The van der Waals surface area contributed by atoms with Gasteiger partial charge in [0.15, 0.2) is 0 Å². The van der Waals surface area contributed by atoms with Crippen molar-refractivity contribution in [3.05, 3.63) is 45.8 Å². The fourth-order valence-electron chi connectivity index (χ4n) is 3.47. The number of nitrogens with one attached hydrogen (secondary N) is 1. The maximum absolute atomic E-state index is 12.5. The van der Waals surface area contributed by atoms with Crippen LogP contribution in [0.5, 0.6) is 5.75 Å². The molecular weight excluding hydrogens is 386 g/mol. The Morgan fingerprint density at radius 2 is 2.17 bits per heavy atom. The van der Waals surface area contributed by atoms with Crippen molar-refractivity contribution in [2.24, 2.45) is 0 Å². The number of rotatable bonds is 7. The van der Waals surface area contributed by atoms with Gasteiger partial charge in [0.1, 0.15) is 16.8 Å². The number of anilines is 1. The zero-order chi connectivity index (χ0) is 20.8. The minimum absolute atomic E-state index is 0.123. The molecule has 152 valence electrons. The molecule has 0 unspecified atom stereocenters. The van der Waals surface area contributed by atoms with Crippen molar-refractivity contribution in [2.45, 2.75) is 45.6 Å². The van der Waals surface area contributed by atoms with Crippen LogP contribution in [0.25, 0.3) is 0 Å². The maximum atomic E-state index is 12.5. The van der Waals surface area contributed by atoms with Crippen LogP contribution >= 0.6 is 11.3 Å². The summed E-state index contributed by atoms with van der Waals surface area (Å²) < 4.78 is 5.21. The minimum Gasteiger partial charge on any atom is -0.497 e. The number of aryl methyl sites for hydroxylation is 1. The number of hydrogen-bond donors (Lipinski definition) is 1. The van der Waals surface area contributed by atoms with Crippen LogP contribution in [0.1, 0.15) is 47.8 Å². The molecule has 7 heteroatoms. The molecule has 1 aromatic heterocycles. The third-order valence-electron chi connectivity index (χ3n) is 5.01. The second-order valence-electron chi connectivity index (χ2n) is 7.03. The third-order valence-corrected chi connectivity index (χ3v) is 6.15. The highest BCUT2D eigenvalue weighted by molar-refractivity contribution is 7.16. The molecule has 29 heavy (non-hydrogen) atoms. The first-order valence-corrected chi connectivity index (χ1v) is 10.6. The van der Waals surface area contributed by atoms with E-state index in [1.54, 1.807) is 7.11 Å². The van der Waals surface area contributed by atoms with Gasteiger partial charge in [-0.05, 0) is 42.5 Å². The molecule has 0 saturated carbocycles. The Hall–Kier alpha value is -2.85. The standard InChI is InChI=1S/C22H25N3O3S/c1-3-5-21(27)25-11-10-17-18(13-23)22(29-19(17)14-25)24-20(26)9-8-15-6-4-7-16(12-15)28-2/h4,6-7,12H,3,5,8-11,14H2,1-2H3,(H,24,26). The second kappa shape index (κ2) is 9.57. The van der Waals surface area contributed by atoms with Crippen LogP contribution in [-0.2, 0) is 29.0 Å². The average Bonchev–Trinajstić information content (AvgIpc) is 3.08. The van der Waals surface area contributed by atoms with Gasteiger partial charge in [-0.3, -0.25) is 9.59 Å². The van der Waals surface area contributed by atoms with Gasteiger partial charge in [0.05, 0.1) is 19.2 Å². The Bertz CT molecular complexity index is 945. The van der Waals surface area contributed by atoms with E-state index in [0.717, 1.165) is 28.2 Å². The number of thiophene rings is 1. The number of nitrogens with zero attached hydrogens (tertiary/aromatic N) is 2. The van der Waals surface area contributed by atoms with Crippen LogP contribution < -0.4 is 10.1 Å². The Labute approximate surface area is 175 Å². The van der Waals surface area contributed by atoms with Gasteiger partial charge in [-0.25, -0.2) is 0 Å². The summed E-state index contributed by atoms with van der Waals surface area (Å²) in [5.74, 6) is 0.790. The minimum atomic E-state index is -0.123. The topological polar surface area (TPSA) is 82.4 Å². The summed E-state index contributed by atoms with van der Waals surface area (Å²) >= 11 is 1.41. The van der Waals surface area contributed by atoms with E-state index in [2.05, 4.69) is 11.4 Å². The van der Waals surface area contributed by atoms with Crippen molar-refractivity contribution in [3.8, 4) is 11.8 Å². The van der Waals surface area contributed by atoms with Crippen LogP contribution in [0, 0.1) is 11.3 Å². The molecule has 0 atom stereocenters. The lowest BCUT2D eigenvalue weighted by atomic mass is 10.0. The number of amides is 2. The largest absolute Gasteiger partial charge is 0.497 e. The van der Waals surface area contributed by atoms with Crippen LogP contribution in [0.3, 0.4) is 0 Å². The molecule has 3 rings (SSSR count). The zero-order valence-corrected chi connectivity index (χ0v) is 17.6. The predicted molar refractivity (Wildman–Crippen MR) is 113 cm³/mol.